The first-order chi connectivity index (χ1) is 13.2. The van der Waals surface area contributed by atoms with Gasteiger partial charge in [0.05, 0.1) is 5.69 Å². The number of halogens is 1. The van der Waals surface area contributed by atoms with Crippen molar-refractivity contribution in [2.75, 3.05) is 17.2 Å². The Labute approximate surface area is 158 Å². The maximum Gasteiger partial charge on any atom is 0.226 e. The summed E-state index contributed by atoms with van der Waals surface area (Å²) in [5.74, 6) is 0.0991. The van der Waals surface area contributed by atoms with E-state index in [1.165, 1.54) is 12.1 Å². The summed E-state index contributed by atoms with van der Waals surface area (Å²) in [4.78, 5) is 11.9. The molecule has 0 radical (unpaired) electrons. The first kappa shape index (κ1) is 18.5. The van der Waals surface area contributed by atoms with Gasteiger partial charge in [-0.1, -0.05) is 42.5 Å². The van der Waals surface area contributed by atoms with Crippen LogP contribution in [0.2, 0.25) is 0 Å². The lowest BCUT2D eigenvalue weighted by Crippen LogP contribution is -2.16. The Morgan fingerprint density at radius 2 is 1.59 bits per heavy atom. The van der Waals surface area contributed by atoms with E-state index in [2.05, 4.69) is 10.6 Å². The lowest BCUT2D eigenvalue weighted by molar-refractivity contribution is -0.116. The first-order valence-corrected chi connectivity index (χ1v) is 8.76. The predicted octanol–water partition coefficient (Wildman–Crippen LogP) is 4.85. The maximum absolute atomic E-state index is 13.5. The van der Waals surface area contributed by atoms with Gasteiger partial charge in [-0.25, -0.2) is 4.39 Å². The van der Waals surface area contributed by atoms with Crippen LogP contribution in [0.15, 0.2) is 78.9 Å². The Morgan fingerprint density at radius 3 is 2.33 bits per heavy atom. The van der Waals surface area contributed by atoms with Crippen molar-refractivity contribution in [1.82, 2.24) is 0 Å². The van der Waals surface area contributed by atoms with Crippen molar-refractivity contribution in [3.63, 3.8) is 0 Å². The van der Waals surface area contributed by atoms with Gasteiger partial charge >= 0.3 is 0 Å². The molecule has 0 fully saturated rings. The molecule has 138 valence electrons. The van der Waals surface area contributed by atoms with E-state index in [1.54, 1.807) is 12.1 Å². The van der Waals surface area contributed by atoms with Gasteiger partial charge in [0.15, 0.2) is 0 Å². The quantitative estimate of drug-likeness (QED) is 0.601. The molecule has 0 bridgehead atoms. The summed E-state index contributed by atoms with van der Waals surface area (Å²) >= 11 is 0. The van der Waals surface area contributed by atoms with Crippen molar-refractivity contribution in [3.8, 4) is 5.75 Å². The Hall–Kier alpha value is -3.34. The highest BCUT2D eigenvalue weighted by Gasteiger charge is 2.06. The highest BCUT2D eigenvalue weighted by atomic mass is 19.1. The van der Waals surface area contributed by atoms with Crippen molar-refractivity contribution in [3.05, 3.63) is 90.2 Å². The summed E-state index contributed by atoms with van der Waals surface area (Å²) in [5.41, 5.74) is 2.20. The minimum absolute atomic E-state index is 0.197. The number of benzene rings is 3. The summed E-state index contributed by atoms with van der Waals surface area (Å²) in [5, 5.41) is 5.73. The third kappa shape index (κ3) is 5.85. The van der Waals surface area contributed by atoms with Crippen molar-refractivity contribution in [2.45, 2.75) is 13.0 Å². The molecule has 5 heteroatoms. The van der Waals surface area contributed by atoms with E-state index in [4.69, 9.17) is 4.74 Å². The molecular formula is C22H21FN2O2. The van der Waals surface area contributed by atoms with E-state index in [1.807, 2.05) is 54.6 Å². The highest BCUT2D eigenvalue weighted by Crippen LogP contribution is 2.17. The number of carbonyl (C=O) groups is 1. The number of nitrogens with one attached hydrogen (secondary N) is 2. The summed E-state index contributed by atoms with van der Waals surface area (Å²) in [6.45, 7) is 0.967. The summed E-state index contributed by atoms with van der Waals surface area (Å²) in [6.07, 6.45) is 0.237. The lowest BCUT2D eigenvalue weighted by Gasteiger charge is -2.10. The SMILES string of the molecule is O=C(CCNc1ccc(OCc2ccccc2)cc1)Nc1ccccc1F. The number of rotatable bonds is 8. The van der Waals surface area contributed by atoms with Gasteiger partial charge in [0, 0.05) is 18.7 Å². The number of ether oxygens (including phenoxy) is 1. The van der Waals surface area contributed by atoms with Gasteiger partial charge in [0.25, 0.3) is 0 Å². The molecule has 0 saturated carbocycles. The van der Waals surface area contributed by atoms with Crippen LogP contribution in [0, 0.1) is 5.82 Å². The van der Waals surface area contributed by atoms with Crippen LogP contribution in [0.3, 0.4) is 0 Å². The van der Waals surface area contributed by atoms with E-state index < -0.39 is 5.82 Å². The normalized spacial score (nSPS) is 10.3. The highest BCUT2D eigenvalue weighted by molar-refractivity contribution is 5.91. The van der Waals surface area contributed by atoms with Crippen LogP contribution < -0.4 is 15.4 Å². The molecule has 0 heterocycles. The Bertz CT molecular complexity index is 867. The van der Waals surface area contributed by atoms with Crippen molar-refractivity contribution in [1.29, 1.82) is 0 Å². The van der Waals surface area contributed by atoms with Gasteiger partial charge in [0.2, 0.25) is 5.91 Å². The fourth-order valence-corrected chi connectivity index (χ4v) is 2.51. The average molecular weight is 364 g/mol. The molecule has 4 nitrogen and oxygen atoms in total. The summed E-state index contributed by atoms with van der Waals surface area (Å²) in [7, 11) is 0. The number of amides is 1. The van der Waals surface area contributed by atoms with Crippen LogP contribution in [0.1, 0.15) is 12.0 Å². The van der Waals surface area contributed by atoms with E-state index in [0.717, 1.165) is 17.0 Å². The topological polar surface area (TPSA) is 50.4 Å². The zero-order valence-electron chi connectivity index (χ0n) is 14.8. The molecule has 0 aromatic heterocycles. The maximum atomic E-state index is 13.5. The largest absolute Gasteiger partial charge is 0.489 e. The third-order valence-electron chi connectivity index (χ3n) is 3.93. The monoisotopic (exact) mass is 364 g/mol. The standard InChI is InChI=1S/C22H21FN2O2/c23-20-8-4-5-9-21(20)25-22(26)14-15-24-18-10-12-19(13-11-18)27-16-17-6-2-1-3-7-17/h1-13,24H,14-16H2,(H,25,26). The van der Waals surface area contributed by atoms with Crippen LogP contribution >= 0.6 is 0 Å². The van der Waals surface area contributed by atoms with Gasteiger partial charge in [0.1, 0.15) is 18.2 Å². The fraction of sp³-hybridized carbons (Fsp3) is 0.136. The van der Waals surface area contributed by atoms with Gasteiger partial charge in [-0.2, -0.15) is 0 Å². The molecule has 1 amide bonds. The molecule has 0 unspecified atom stereocenters. The van der Waals surface area contributed by atoms with Crippen LogP contribution in [0.5, 0.6) is 5.75 Å². The van der Waals surface area contributed by atoms with Gasteiger partial charge in [-0.3, -0.25) is 4.79 Å². The lowest BCUT2D eigenvalue weighted by atomic mass is 10.2. The Morgan fingerprint density at radius 1 is 0.889 bits per heavy atom. The third-order valence-corrected chi connectivity index (χ3v) is 3.93. The molecule has 2 N–H and O–H groups in total. The number of carbonyl (C=O) groups excluding carboxylic acids is 1. The number of para-hydroxylation sites is 1. The van der Waals surface area contributed by atoms with E-state index >= 15 is 0 Å². The number of anilines is 2. The molecule has 3 aromatic rings. The summed E-state index contributed by atoms with van der Waals surface area (Å²) in [6, 6.07) is 23.6. The molecule has 0 aliphatic heterocycles. The number of hydrogen-bond donors (Lipinski definition) is 2. The smallest absolute Gasteiger partial charge is 0.226 e. The minimum atomic E-state index is -0.440. The van der Waals surface area contributed by atoms with Crippen LogP contribution in [0.25, 0.3) is 0 Å². The Balaban J connectivity index is 1.41. The second-order valence-electron chi connectivity index (χ2n) is 6.00. The molecule has 0 aliphatic carbocycles. The average Bonchev–Trinajstić information content (AvgIpc) is 2.70. The number of hydrogen-bond acceptors (Lipinski definition) is 3. The fourth-order valence-electron chi connectivity index (χ4n) is 2.51. The predicted molar refractivity (Wildman–Crippen MR) is 105 cm³/mol. The molecule has 0 atom stereocenters. The van der Waals surface area contributed by atoms with E-state index in [9.17, 15) is 9.18 Å². The molecule has 0 saturated heterocycles. The minimum Gasteiger partial charge on any atom is -0.489 e. The molecular weight excluding hydrogens is 343 g/mol. The first-order valence-electron chi connectivity index (χ1n) is 8.76. The van der Waals surface area contributed by atoms with Crippen molar-refractivity contribution < 1.29 is 13.9 Å². The van der Waals surface area contributed by atoms with Crippen molar-refractivity contribution >= 4 is 17.3 Å². The van der Waals surface area contributed by atoms with E-state index in [-0.39, 0.29) is 18.0 Å². The molecule has 3 rings (SSSR count). The molecule has 27 heavy (non-hydrogen) atoms. The second kappa shape index (κ2) is 9.38. The van der Waals surface area contributed by atoms with Crippen LogP contribution in [-0.2, 0) is 11.4 Å². The zero-order chi connectivity index (χ0) is 18.9. The van der Waals surface area contributed by atoms with Crippen LogP contribution in [-0.4, -0.2) is 12.5 Å². The van der Waals surface area contributed by atoms with Crippen molar-refractivity contribution in [2.24, 2.45) is 0 Å². The van der Waals surface area contributed by atoms with Gasteiger partial charge in [-0.05, 0) is 42.0 Å². The van der Waals surface area contributed by atoms with Gasteiger partial charge < -0.3 is 15.4 Å². The van der Waals surface area contributed by atoms with Gasteiger partial charge in [-0.15, -0.1) is 0 Å². The van der Waals surface area contributed by atoms with Crippen LogP contribution in [0.4, 0.5) is 15.8 Å². The van der Waals surface area contributed by atoms with E-state index in [0.29, 0.717) is 13.2 Å². The molecule has 0 aliphatic rings. The second-order valence-corrected chi connectivity index (χ2v) is 6.00. The molecule has 3 aromatic carbocycles. The Kier molecular flexibility index (Phi) is 6.41. The summed E-state index contributed by atoms with van der Waals surface area (Å²) < 4.78 is 19.2. The molecule has 0 spiro atoms. The zero-order valence-corrected chi connectivity index (χ0v) is 14.8.